The summed E-state index contributed by atoms with van der Waals surface area (Å²) in [4.78, 5) is 0. The maximum absolute atomic E-state index is 8.42. The third-order valence-electron chi connectivity index (χ3n) is 1.14. The maximum atomic E-state index is 8.42. The molecule has 0 fully saturated rings. The fraction of sp³-hybridized carbons (Fsp3) is 0. The number of aliphatic hydroxyl groups excluding tert-OH is 1. The average molecular weight is 194 g/mol. The van der Waals surface area contributed by atoms with E-state index in [0.29, 0.717) is 0 Å². The van der Waals surface area contributed by atoms with Gasteiger partial charge in [0.25, 0.3) is 0 Å². The van der Waals surface area contributed by atoms with Crippen molar-refractivity contribution in [3.63, 3.8) is 0 Å². The molecule has 0 saturated carbocycles. The Hall–Kier alpha value is -0.682. The van der Waals surface area contributed by atoms with Gasteiger partial charge in [0, 0.05) is 0 Å². The first-order valence-corrected chi connectivity index (χ1v) is 3.86. The molecule has 0 spiro atoms. The normalized spacial score (nSPS) is 10.5. The van der Waals surface area contributed by atoms with Gasteiger partial charge in [-0.2, -0.15) is 0 Å². The Bertz CT molecular complexity index is 243. The van der Waals surface area contributed by atoms with E-state index in [1.807, 2.05) is 24.3 Å². The molecule has 50 valence electrons. The second kappa shape index (κ2) is 3.48. The van der Waals surface area contributed by atoms with Crippen LogP contribution in [-0.2, 0) is 0 Å². The molecule has 1 aromatic rings. The molecule has 0 aromatic heterocycles. The number of rotatable bonds is 1. The third-order valence-corrected chi connectivity index (χ3v) is 1.72. The van der Waals surface area contributed by atoms with Gasteiger partial charge in [-0.25, -0.2) is 0 Å². The predicted molar refractivity (Wildman–Crippen MR) is 43.5 cm³/mol. The van der Waals surface area contributed by atoms with Crippen LogP contribution in [0.5, 0.6) is 0 Å². The molecule has 0 atom stereocenters. The second-order valence-corrected chi connectivity index (χ2v) is 2.99. The van der Waals surface area contributed by atoms with Crippen LogP contribution in [0.25, 0.3) is 6.08 Å². The van der Waals surface area contributed by atoms with Crippen molar-refractivity contribution in [2.24, 2.45) is 0 Å². The van der Waals surface area contributed by atoms with Crippen molar-refractivity contribution >= 4 is 27.3 Å². The molecule has 0 aliphatic heterocycles. The SMILES string of the molecule is OC=Cc1cccc([As])c1. The zero-order chi connectivity index (χ0) is 7.40. The quantitative estimate of drug-likeness (QED) is 0.522. The van der Waals surface area contributed by atoms with Crippen LogP contribution in [0.15, 0.2) is 30.5 Å². The molecular formula is C8H7AsO. The minimum atomic E-state index is 1.01. The molecule has 0 saturated heterocycles. The van der Waals surface area contributed by atoms with E-state index in [-0.39, 0.29) is 0 Å². The van der Waals surface area contributed by atoms with Crippen LogP contribution in [0.3, 0.4) is 0 Å². The number of aliphatic hydroxyl groups is 1. The van der Waals surface area contributed by atoms with Gasteiger partial charge < -0.3 is 0 Å². The third kappa shape index (κ3) is 1.93. The summed E-state index contributed by atoms with van der Waals surface area (Å²) in [5, 5.41) is 8.42. The molecular weight excluding hydrogens is 187 g/mol. The Kier molecular flexibility index (Phi) is 2.58. The first kappa shape index (κ1) is 7.43. The van der Waals surface area contributed by atoms with E-state index in [0.717, 1.165) is 16.2 Å². The topological polar surface area (TPSA) is 20.2 Å². The van der Waals surface area contributed by atoms with E-state index < -0.39 is 0 Å². The molecule has 10 heavy (non-hydrogen) atoms. The van der Waals surface area contributed by atoms with Crippen LogP contribution >= 0.6 is 0 Å². The first-order valence-electron chi connectivity index (χ1n) is 2.93. The summed E-state index contributed by atoms with van der Waals surface area (Å²) in [6.45, 7) is 0. The van der Waals surface area contributed by atoms with E-state index in [2.05, 4.69) is 16.9 Å². The summed E-state index contributed by atoms with van der Waals surface area (Å²) in [7, 11) is 0. The molecule has 0 aliphatic carbocycles. The van der Waals surface area contributed by atoms with Crippen molar-refractivity contribution in [1.29, 1.82) is 0 Å². The second-order valence-electron chi connectivity index (χ2n) is 1.91. The predicted octanol–water partition coefficient (Wildman–Crippen LogP) is 1.01. The zero-order valence-corrected chi connectivity index (χ0v) is 7.24. The van der Waals surface area contributed by atoms with Gasteiger partial charge in [-0.1, -0.05) is 0 Å². The van der Waals surface area contributed by atoms with E-state index in [1.165, 1.54) is 0 Å². The molecule has 1 aromatic carbocycles. The Morgan fingerprint density at radius 1 is 1.40 bits per heavy atom. The van der Waals surface area contributed by atoms with Crippen LogP contribution in [0.2, 0.25) is 0 Å². The van der Waals surface area contributed by atoms with Gasteiger partial charge in [0.1, 0.15) is 0 Å². The number of hydrogen-bond donors (Lipinski definition) is 1. The van der Waals surface area contributed by atoms with Crippen LogP contribution < -0.4 is 4.35 Å². The fourth-order valence-corrected chi connectivity index (χ4v) is 1.21. The van der Waals surface area contributed by atoms with Crippen LogP contribution in [0.1, 0.15) is 5.56 Å². The standard InChI is InChI=1S/C8H7AsO/c9-8-3-1-2-7(6-8)4-5-10/h1-6,10H. The van der Waals surface area contributed by atoms with Gasteiger partial charge in [0.15, 0.2) is 0 Å². The Labute approximate surface area is 68.9 Å². The van der Waals surface area contributed by atoms with Gasteiger partial charge in [-0.3, -0.25) is 0 Å². The summed E-state index contributed by atoms with van der Waals surface area (Å²) >= 11 is 2.45. The van der Waals surface area contributed by atoms with Crippen LogP contribution in [-0.4, -0.2) is 22.0 Å². The van der Waals surface area contributed by atoms with Crippen molar-refractivity contribution in [1.82, 2.24) is 0 Å². The fourth-order valence-electron chi connectivity index (χ4n) is 0.715. The summed E-state index contributed by atoms with van der Waals surface area (Å²) in [6, 6.07) is 7.86. The van der Waals surface area contributed by atoms with E-state index in [4.69, 9.17) is 5.11 Å². The minimum absolute atomic E-state index is 1.01. The molecule has 2 radical (unpaired) electrons. The molecule has 0 amide bonds. The van der Waals surface area contributed by atoms with Gasteiger partial charge in [0.05, 0.1) is 0 Å². The molecule has 0 bridgehead atoms. The molecule has 1 nitrogen and oxygen atoms in total. The number of benzene rings is 1. The van der Waals surface area contributed by atoms with Gasteiger partial charge in [0.2, 0.25) is 0 Å². The molecule has 2 heteroatoms. The zero-order valence-electron chi connectivity index (χ0n) is 5.36. The molecule has 0 unspecified atom stereocenters. The monoisotopic (exact) mass is 194 g/mol. The van der Waals surface area contributed by atoms with Crippen LogP contribution in [0.4, 0.5) is 0 Å². The molecule has 1 rings (SSSR count). The molecule has 0 aliphatic rings. The Balaban J connectivity index is 2.95. The summed E-state index contributed by atoms with van der Waals surface area (Å²) in [5.74, 6) is 0. The summed E-state index contributed by atoms with van der Waals surface area (Å²) in [6.07, 6.45) is 2.69. The molecule has 0 heterocycles. The van der Waals surface area contributed by atoms with Gasteiger partial charge in [-0.05, 0) is 0 Å². The molecule has 1 N–H and O–H groups in total. The van der Waals surface area contributed by atoms with Crippen molar-refractivity contribution in [2.45, 2.75) is 0 Å². The van der Waals surface area contributed by atoms with E-state index in [1.54, 1.807) is 6.08 Å². The van der Waals surface area contributed by atoms with Crippen molar-refractivity contribution in [3.8, 4) is 0 Å². The van der Waals surface area contributed by atoms with E-state index in [9.17, 15) is 0 Å². The van der Waals surface area contributed by atoms with Gasteiger partial charge >= 0.3 is 68.5 Å². The van der Waals surface area contributed by atoms with E-state index >= 15 is 0 Å². The first-order chi connectivity index (χ1) is 4.83. The van der Waals surface area contributed by atoms with Gasteiger partial charge in [-0.15, -0.1) is 0 Å². The summed E-state index contributed by atoms with van der Waals surface area (Å²) in [5.41, 5.74) is 1.01. The van der Waals surface area contributed by atoms with Crippen molar-refractivity contribution in [2.75, 3.05) is 0 Å². The van der Waals surface area contributed by atoms with Crippen LogP contribution in [0, 0.1) is 0 Å². The Morgan fingerprint density at radius 2 is 2.20 bits per heavy atom. The van der Waals surface area contributed by atoms with Crippen molar-refractivity contribution < 1.29 is 5.11 Å². The Morgan fingerprint density at radius 3 is 2.80 bits per heavy atom. The van der Waals surface area contributed by atoms with Crippen molar-refractivity contribution in [3.05, 3.63) is 36.1 Å². The summed E-state index contributed by atoms with van der Waals surface area (Å²) < 4.78 is 1.14. The number of hydrogen-bond acceptors (Lipinski definition) is 1. The average Bonchev–Trinajstić information content (AvgIpc) is 1.88.